The molecule has 0 aromatic heterocycles. The molecule has 4 aliphatic heterocycles. The lowest BCUT2D eigenvalue weighted by Crippen LogP contribution is -2.46. The average Bonchev–Trinajstić information content (AvgIpc) is 3.51. The van der Waals surface area contributed by atoms with Crippen molar-refractivity contribution in [2.45, 2.75) is 65.0 Å². The third-order valence-electron chi connectivity index (χ3n) is 8.35. The number of benzene rings is 1. The molecule has 3 fully saturated rings. The van der Waals surface area contributed by atoms with Crippen LogP contribution in [-0.4, -0.2) is 56.0 Å². The largest absolute Gasteiger partial charge is 0.462 e. The van der Waals surface area contributed by atoms with E-state index in [0.29, 0.717) is 25.4 Å². The first-order chi connectivity index (χ1) is 18.4. The summed E-state index contributed by atoms with van der Waals surface area (Å²) in [7, 11) is 0. The number of ether oxygens (including phenoxy) is 3. The molecule has 0 aliphatic carbocycles. The van der Waals surface area contributed by atoms with Crippen molar-refractivity contribution in [1.82, 2.24) is 4.90 Å². The fourth-order valence-corrected chi connectivity index (χ4v) is 5.96. The van der Waals surface area contributed by atoms with Gasteiger partial charge in [0.1, 0.15) is 12.0 Å². The summed E-state index contributed by atoms with van der Waals surface area (Å²) in [5.41, 5.74) is 2.50. The molecule has 3 saturated heterocycles. The van der Waals surface area contributed by atoms with Gasteiger partial charge in [-0.2, -0.15) is 0 Å². The molecule has 3 atom stereocenters. The van der Waals surface area contributed by atoms with Gasteiger partial charge in [-0.05, 0) is 68.7 Å². The molecule has 0 N–H and O–H groups in total. The number of amides is 1. The molecule has 0 bridgehead atoms. The number of carbonyl (C=O) groups excluding carboxylic acids is 1. The summed E-state index contributed by atoms with van der Waals surface area (Å²) in [6, 6.07) is 10.6. The first-order valence-electron chi connectivity index (χ1n) is 14.0. The fourth-order valence-electron chi connectivity index (χ4n) is 5.96. The number of likely N-dealkylation sites (tertiary alicyclic amines) is 1. The minimum atomic E-state index is -0.681. The molecule has 4 aliphatic rings. The minimum Gasteiger partial charge on any atom is -0.462 e. The van der Waals surface area contributed by atoms with Crippen LogP contribution in [0.3, 0.4) is 0 Å². The lowest BCUT2D eigenvalue weighted by Gasteiger charge is -2.38. The smallest absolute Gasteiger partial charge is 0.236 e. The standard InChI is InChI=1S/C27H34N2O4.C5H10/c1-19-14-27(17-32-25(19)13-24-16-31-18-33-24)20(2)21(3)29(26(27)30)15-22-9-11-28(12-10-22)23-7-5-4-6-8-23;1-3-5-4-2/h4-8,16,21-22,25H,1-2,9-15,17-18H2,3H3;3,5H,4H2,1-2H3/b;5-3-. The summed E-state index contributed by atoms with van der Waals surface area (Å²) in [6.07, 6.45) is 10.2. The molecule has 1 aromatic carbocycles. The Hall–Kier alpha value is -2.99. The van der Waals surface area contributed by atoms with Crippen molar-refractivity contribution >= 4 is 11.6 Å². The Balaban J connectivity index is 0.000000617. The summed E-state index contributed by atoms with van der Waals surface area (Å²) < 4.78 is 16.8. The Labute approximate surface area is 228 Å². The Kier molecular flexibility index (Phi) is 9.37. The molecule has 5 rings (SSSR count). The molecule has 1 spiro atoms. The highest BCUT2D eigenvalue weighted by Gasteiger charge is 2.56. The molecular formula is C32H44N2O4. The van der Waals surface area contributed by atoms with Gasteiger partial charge >= 0.3 is 0 Å². The lowest BCUT2D eigenvalue weighted by atomic mass is 9.73. The van der Waals surface area contributed by atoms with Crippen molar-refractivity contribution in [1.29, 1.82) is 0 Å². The molecule has 206 valence electrons. The van der Waals surface area contributed by atoms with E-state index in [-0.39, 0.29) is 24.8 Å². The second-order valence-electron chi connectivity index (χ2n) is 10.8. The zero-order chi connectivity index (χ0) is 27.1. The monoisotopic (exact) mass is 520 g/mol. The molecule has 6 nitrogen and oxygen atoms in total. The SMILES string of the molecule is C/C=C\CC.C=C1CC2(COC1CC1=COCO1)C(=C)C(C)N(CC1CCN(c3ccccc3)CC1)C2=O. The Morgan fingerprint density at radius 2 is 1.89 bits per heavy atom. The van der Waals surface area contributed by atoms with Crippen molar-refractivity contribution in [3.63, 3.8) is 0 Å². The van der Waals surface area contributed by atoms with Gasteiger partial charge in [0.15, 0.2) is 0 Å². The van der Waals surface area contributed by atoms with Crippen LogP contribution in [0.2, 0.25) is 0 Å². The van der Waals surface area contributed by atoms with E-state index in [9.17, 15) is 4.79 Å². The predicted octanol–water partition coefficient (Wildman–Crippen LogP) is 6.23. The van der Waals surface area contributed by atoms with E-state index in [1.807, 2.05) is 6.92 Å². The van der Waals surface area contributed by atoms with Crippen LogP contribution in [0.1, 0.15) is 52.9 Å². The zero-order valence-electron chi connectivity index (χ0n) is 23.4. The van der Waals surface area contributed by atoms with E-state index in [0.717, 1.165) is 55.8 Å². The van der Waals surface area contributed by atoms with Gasteiger partial charge in [-0.15, -0.1) is 0 Å². The van der Waals surface area contributed by atoms with E-state index in [2.05, 4.69) is 79.3 Å². The molecule has 1 aromatic rings. The number of piperidine rings is 1. The maximum atomic E-state index is 13.7. The van der Waals surface area contributed by atoms with Gasteiger partial charge in [-0.1, -0.05) is 50.4 Å². The van der Waals surface area contributed by atoms with Gasteiger partial charge in [0.05, 0.1) is 24.2 Å². The maximum Gasteiger partial charge on any atom is 0.236 e. The number of carbonyl (C=O) groups is 1. The van der Waals surface area contributed by atoms with Crippen molar-refractivity contribution in [2.75, 3.05) is 37.9 Å². The molecule has 3 unspecified atom stereocenters. The van der Waals surface area contributed by atoms with Crippen LogP contribution in [-0.2, 0) is 19.0 Å². The Morgan fingerprint density at radius 3 is 2.47 bits per heavy atom. The van der Waals surface area contributed by atoms with E-state index in [1.165, 1.54) is 5.69 Å². The molecular weight excluding hydrogens is 476 g/mol. The number of para-hydroxylation sites is 1. The highest BCUT2D eigenvalue weighted by molar-refractivity contribution is 5.91. The first kappa shape index (κ1) is 28.0. The highest BCUT2D eigenvalue weighted by Crippen LogP contribution is 2.49. The van der Waals surface area contributed by atoms with Gasteiger partial charge in [0.2, 0.25) is 12.7 Å². The maximum absolute atomic E-state index is 13.7. The van der Waals surface area contributed by atoms with Crippen LogP contribution in [0.4, 0.5) is 5.69 Å². The van der Waals surface area contributed by atoms with Crippen LogP contribution in [0.15, 0.2) is 78.8 Å². The number of hydrogen-bond donors (Lipinski definition) is 0. The first-order valence-corrected chi connectivity index (χ1v) is 14.0. The van der Waals surface area contributed by atoms with Crippen molar-refractivity contribution in [3.8, 4) is 0 Å². The van der Waals surface area contributed by atoms with E-state index in [1.54, 1.807) is 6.26 Å². The fraction of sp³-hybridized carbons (Fsp3) is 0.531. The van der Waals surface area contributed by atoms with Crippen LogP contribution in [0.5, 0.6) is 0 Å². The van der Waals surface area contributed by atoms with Crippen LogP contribution >= 0.6 is 0 Å². The van der Waals surface area contributed by atoms with Crippen molar-refractivity contribution < 1.29 is 19.0 Å². The normalized spacial score (nSPS) is 27.9. The van der Waals surface area contributed by atoms with Gasteiger partial charge in [0, 0.05) is 31.7 Å². The van der Waals surface area contributed by atoms with Crippen LogP contribution in [0.25, 0.3) is 0 Å². The van der Waals surface area contributed by atoms with Gasteiger partial charge in [0.25, 0.3) is 0 Å². The van der Waals surface area contributed by atoms with Gasteiger partial charge in [-0.3, -0.25) is 4.79 Å². The third-order valence-corrected chi connectivity index (χ3v) is 8.35. The van der Waals surface area contributed by atoms with E-state index in [4.69, 9.17) is 14.2 Å². The number of anilines is 1. The number of allylic oxidation sites excluding steroid dienone is 2. The number of rotatable bonds is 6. The summed E-state index contributed by atoms with van der Waals surface area (Å²) >= 11 is 0. The second kappa shape index (κ2) is 12.7. The van der Waals surface area contributed by atoms with Gasteiger partial charge < -0.3 is 24.0 Å². The van der Waals surface area contributed by atoms with Crippen molar-refractivity contribution in [3.05, 3.63) is 78.8 Å². The van der Waals surface area contributed by atoms with E-state index < -0.39 is 5.41 Å². The lowest BCUT2D eigenvalue weighted by molar-refractivity contribution is -0.142. The second-order valence-corrected chi connectivity index (χ2v) is 10.8. The highest BCUT2D eigenvalue weighted by atomic mass is 16.7. The average molecular weight is 521 g/mol. The van der Waals surface area contributed by atoms with Crippen LogP contribution < -0.4 is 4.90 Å². The molecule has 0 saturated carbocycles. The van der Waals surface area contributed by atoms with Crippen LogP contribution in [0, 0.1) is 11.3 Å². The summed E-state index contributed by atoms with van der Waals surface area (Å²) in [6.45, 7) is 18.4. The summed E-state index contributed by atoms with van der Waals surface area (Å²) in [4.78, 5) is 18.2. The Morgan fingerprint density at radius 1 is 1.16 bits per heavy atom. The number of hydrogen-bond acceptors (Lipinski definition) is 5. The summed E-state index contributed by atoms with van der Waals surface area (Å²) in [5.74, 6) is 1.43. The predicted molar refractivity (Wildman–Crippen MR) is 152 cm³/mol. The summed E-state index contributed by atoms with van der Waals surface area (Å²) in [5, 5.41) is 0. The van der Waals surface area contributed by atoms with Crippen molar-refractivity contribution in [2.24, 2.45) is 11.3 Å². The molecule has 38 heavy (non-hydrogen) atoms. The van der Waals surface area contributed by atoms with E-state index >= 15 is 0 Å². The topological polar surface area (TPSA) is 51.2 Å². The number of nitrogens with zero attached hydrogens (tertiary/aromatic N) is 2. The zero-order valence-corrected chi connectivity index (χ0v) is 23.4. The molecule has 4 heterocycles. The third kappa shape index (κ3) is 6.01. The molecule has 6 heteroatoms. The quantitative estimate of drug-likeness (QED) is 0.416. The minimum absolute atomic E-state index is 0.0203. The Bertz CT molecular complexity index is 1040. The molecule has 1 amide bonds. The van der Waals surface area contributed by atoms with Gasteiger partial charge in [-0.25, -0.2) is 0 Å². The molecule has 0 radical (unpaired) electrons.